The summed E-state index contributed by atoms with van der Waals surface area (Å²) in [5.41, 5.74) is 5.89. The Bertz CT molecular complexity index is 897. The number of amides is 1. The first kappa shape index (κ1) is 17.9. The first-order valence-electron chi connectivity index (χ1n) is 8.50. The van der Waals surface area contributed by atoms with Crippen LogP contribution < -0.4 is 5.48 Å². The third-order valence-electron chi connectivity index (χ3n) is 4.27. The summed E-state index contributed by atoms with van der Waals surface area (Å²) < 4.78 is 5.46. The highest BCUT2D eigenvalue weighted by Gasteiger charge is 2.04. The topological polar surface area (TPSA) is 65.7 Å². The fourth-order valence-electron chi connectivity index (χ4n) is 2.81. The molecule has 0 aliphatic carbocycles. The van der Waals surface area contributed by atoms with Crippen molar-refractivity contribution in [2.75, 3.05) is 13.6 Å². The standard InChI is InChI=1S/C21H22N2O3/c1-23(12-10-17-6-8-19-11-13-26-20(19)14-17)15-18-4-2-16(3-5-18)7-9-21(24)22-25/h2-9,11,13-14,25H,10,12,15H2,1H3,(H,22,24)/b9-7+. The molecular weight excluding hydrogens is 328 g/mol. The molecule has 0 radical (unpaired) electrons. The number of carbonyl (C=O) groups excluding carboxylic acids is 1. The molecule has 2 N–H and O–H groups in total. The summed E-state index contributed by atoms with van der Waals surface area (Å²) in [5, 5.41) is 9.60. The minimum Gasteiger partial charge on any atom is -0.464 e. The molecule has 0 saturated heterocycles. The zero-order valence-corrected chi connectivity index (χ0v) is 14.7. The van der Waals surface area contributed by atoms with E-state index in [1.807, 2.05) is 30.3 Å². The van der Waals surface area contributed by atoms with E-state index >= 15 is 0 Å². The Hall–Kier alpha value is -2.89. The molecule has 134 valence electrons. The van der Waals surface area contributed by atoms with Crippen molar-refractivity contribution >= 4 is 23.0 Å². The number of hydrogen-bond donors (Lipinski definition) is 2. The van der Waals surface area contributed by atoms with Gasteiger partial charge in [0.25, 0.3) is 5.91 Å². The third kappa shape index (κ3) is 4.81. The zero-order valence-electron chi connectivity index (χ0n) is 14.7. The molecule has 3 rings (SSSR count). The Kier molecular flexibility index (Phi) is 5.84. The average Bonchev–Trinajstić information content (AvgIpc) is 3.13. The summed E-state index contributed by atoms with van der Waals surface area (Å²) in [6.07, 6.45) is 5.63. The molecule has 2 aromatic carbocycles. The number of nitrogens with zero attached hydrogens (tertiary/aromatic N) is 1. The molecule has 0 spiro atoms. The number of hydroxylamine groups is 1. The van der Waals surface area contributed by atoms with Crippen LogP contribution >= 0.6 is 0 Å². The Morgan fingerprint density at radius 1 is 1.15 bits per heavy atom. The highest BCUT2D eigenvalue weighted by Crippen LogP contribution is 2.17. The van der Waals surface area contributed by atoms with Crippen LogP contribution in [0, 0.1) is 0 Å². The fourth-order valence-corrected chi connectivity index (χ4v) is 2.81. The number of carbonyl (C=O) groups is 1. The van der Waals surface area contributed by atoms with Crippen LogP contribution in [0.5, 0.6) is 0 Å². The predicted octanol–water partition coefficient (Wildman–Crippen LogP) is 3.63. The lowest BCUT2D eigenvalue weighted by molar-refractivity contribution is -0.124. The van der Waals surface area contributed by atoms with Crippen molar-refractivity contribution in [2.45, 2.75) is 13.0 Å². The lowest BCUT2D eigenvalue weighted by Gasteiger charge is -2.17. The van der Waals surface area contributed by atoms with Crippen molar-refractivity contribution in [1.82, 2.24) is 10.4 Å². The zero-order chi connectivity index (χ0) is 18.4. The van der Waals surface area contributed by atoms with Gasteiger partial charge < -0.3 is 9.32 Å². The second kappa shape index (κ2) is 8.47. The van der Waals surface area contributed by atoms with Crippen molar-refractivity contribution in [3.05, 3.63) is 77.6 Å². The van der Waals surface area contributed by atoms with E-state index in [2.05, 4.69) is 30.1 Å². The molecule has 0 saturated carbocycles. The van der Waals surface area contributed by atoms with E-state index in [1.165, 1.54) is 17.2 Å². The van der Waals surface area contributed by atoms with Gasteiger partial charge in [0, 0.05) is 24.6 Å². The van der Waals surface area contributed by atoms with Crippen molar-refractivity contribution < 1.29 is 14.4 Å². The molecule has 5 heteroatoms. The van der Waals surface area contributed by atoms with Gasteiger partial charge in [0.2, 0.25) is 0 Å². The molecule has 3 aromatic rings. The molecule has 26 heavy (non-hydrogen) atoms. The van der Waals surface area contributed by atoms with E-state index in [0.29, 0.717) is 0 Å². The van der Waals surface area contributed by atoms with Gasteiger partial charge >= 0.3 is 0 Å². The highest BCUT2D eigenvalue weighted by atomic mass is 16.5. The number of furan rings is 1. The smallest absolute Gasteiger partial charge is 0.267 e. The van der Waals surface area contributed by atoms with Gasteiger partial charge in [-0.25, -0.2) is 5.48 Å². The van der Waals surface area contributed by atoms with Crippen LogP contribution in [0.4, 0.5) is 0 Å². The average molecular weight is 350 g/mol. The number of fused-ring (bicyclic) bond motifs is 1. The number of nitrogens with one attached hydrogen (secondary N) is 1. The van der Waals surface area contributed by atoms with E-state index in [9.17, 15) is 4.79 Å². The van der Waals surface area contributed by atoms with Gasteiger partial charge in [-0.15, -0.1) is 0 Å². The van der Waals surface area contributed by atoms with Crippen LogP contribution in [-0.2, 0) is 17.8 Å². The van der Waals surface area contributed by atoms with Crippen LogP contribution in [0.1, 0.15) is 16.7 Å². The van der Waals surface area contributed by atoms with Crippen molar-refractivity contribution in [3.8, 4) is 0 Å². The molecule has 1 aromatic heterocycles. The fraction of sp³-hybridized carbons (Fsp3) is 0.190. The maximum absolute atomic E-state index is 11.0. The lowest BCUT2D eigenvalue weighted by atomic mass is 10.1. The van der Waals surface area contributed by atoms with E-state index in [4.69, 9.17) is 9.62 Å². The highest BCUT2D eigenvalue weighted by molar-refractivity contribution is 5.90. The number of likely N-dealkylation sites (N-methyl/N-ethyl adjacent to an activating group) is 1. The lowest BCUT2D eigenvalue weighted by Crippen LogP contribution is -2.20. The second-order valence-corrected chi connectivity index (χ2v) is 6.33. The van der Waals surface area contributed by atoms with Crippen molar-refractivity contribution in [1.29, 1.82) is 0 Å². The molecule has 0 atom stereocenters. The van der Waals surface area contributed by atoms with Gasteiger partial charge in [0.05, 0.1) is 6.26 Å². The Morgan fingerprint density at radius 2 is 1.92 bits per heavy atom. The minimum atomic E-state index is -0.540. The summed E-state index contributed by atoms with van der Waals surface area (Å²) in [6, 6.07) is 16.3. The molecule has 0 bridgehead atoms. The van der Waals surface area contributed by atoms with Crippen LogP contribution in [0.15, 0.2) is 65.3 Å². The molecule has 5 nitrogen and oxygen atoms in total. The van der Waals surface area contributed by atoms with E-state index in [1.54, 1.807) is 17.8 Å². The Labute approximate surface area is 152 Å². The van der Waals surface area contributed by atoms with Gasteiger partial charge in [-0.3, -0.25) is 10.0 Å². The van der Waals surface area contributed by atoms with Gasteiger partial charge in [-0.2, -0.15) is 0 Å². The molecule has 0 fully saturated rings. The summed E-state index contributed by atoms with van der Waals surface area (Å²) in [6.45, 7) is 1.80. The van der Waals surface area contributed by atoms with E-state index < -0.39 is 5.91 Å². The van der Waals surface area contributed by atoms with Gasteiger partial charge in [-0.1, -0.05) is 36.4 Å². The van der Waals surface area contributed by atoms with Gasteiger partial charge in [0.1, 0.15) is 5.58 Å². The van der Waals surface area contributed by atoms with Crippen LogP contribution in [-0.4, -0.2) is 29.6 Å². The maximum Gasteiger partial charge on any atom is 0.267 e. The Morgan fingerprint density at radius 3 is 2.69 bits per heavy atom. The molecule has 0 aliphatic rings. The van der Waals surface area contributed by atoms with Crippen molar-refractivity contribution in [2.24, 2.45) is 0 Å². The summed E-state index contributed by atoms with van der Waals surface area (Å²) in [4.78, 5) is 13.3. The van der Waals surface area contributed by atoms with Crippen LogP contribution in [0.3, 0.4) is 0 Å². The predicted molar refractivity (Wildman–Crippen MR) is 102 cm³/mol. The van der Waals surface area contributed by atoms with Gasteiger partial charge in [0.15, 0.2) is 0 Å². The minimum absolute atomic E-state index is 0.540. The van der Waals surface area contributed by atoms with Crippen molar-refractivity contribution in [3.63, 3.8) is 0 Å². The number of benzene rings is 2. The third-order valence-corrected chi connectivity index (χ3v) is 4.27. The largest absolute Gasteiger partial charge is 0.464 e. The summed E-state index contributed by atoms with van der Waals surface area (Å²) in [7, 11) is 2.10. The number of hydrogen-bond acceptors (Lipinski definition) is 4. The summed E-state index contributed by atoms with van der Waals surface area (Å²) >= 11 is 0. The van der Waals surface area contributed by atoms with Crippen LogP contribution in [0.25, 0.3) is 17.0 Å². The SMILES string of the molecule is CN(CCc1ccc2ccoc2c1)Cc1ccc(/C=C/C(=O)NO)cc1. The molecule has 0 unspecified atom stereocenters. The normalized spacial score (nSPS) is 11.5. The Balaban J connectivity index is 1.51. The number of rotatable bonds is 7. The second-order valence-electron chi connectivity index (χ2n) is 6.33. The first-order valence-corrected chi connectivity index (χ1v) is 8.50. The molecule has 1 heterocycles. The van der Waals surface area contributed by atoms with Crippen LogP contribution in [0.2, 0.25) is 0 Å². The molecular formula is C21H22N2O3. The van der Waals surface area contributed by atoms with E-state index in [-0.39, 0.29) is 0 Å². The van der Waals surface area contributed by atoms with E-state index in [0.717, 1.165) is 36.0 Å². The van der Waals surface area contributed by atoms with Gasteiger partial charge in [-0.05, 0) is 48.4 Å². The summed E-state index contributed by atoms with van der Waals surface area (Å²) in [5.74, 6) is -0.540. The monoisotopic (exact) mass is 350 g/mol. The quantitative estimate of drug-likeness (QED) is 0.388. The molecule has 0 aliphatic heterocycles. The first-order chi connectivity index (χ1) is 12.6. The molecule has 1 amide bonds. The maximum atomic E-state index is 11.0.